The molecule has 6 heteroatoms. The zero-order valence-corrected chi connectivity index (χ0v) is 16.9. The van der Waals surface area contributed by atoms with E-state index in [1.807, 2.05) is 67.3 Å². The molecule has 0 aliphatic carbocycles. The van der Waals surface area contributed by atoms with Gasteiger partial charge in [-0.15, -0.1) is 0 Å². The highest BCUT2D eigenvalue weighted by atomic mass is 16.2. The van der Waals surface area contributed by atoms with Gasteiger partial charge in [-0.25, -0.2) is 4.98 Å². The predicted molar refractivity (Wildman–Crippen MR) is 112 cm³/mol. The summed E-state index contributed by atoms with van der Waals surface area (Å²) in [5, 5.41) is 0. The summed E-state index contributed by atoms with van der Waals surface area (Å²) in [5.41, 5.74) is 2.10. The van der Waals surface area contributed by atoms with Crippen LogP contribution in [0.25, 0.3) is 5.52 Å². The summed E-state index contributed by atoms with van der Waals surface area (Å²) in [5.74, 6) is 0.0164. The largest absolute Gasteiger partial charge is 0.337 e. The first-order chi connectivity index (χ1) is 14.1. The Labute approximate surface area is 170 Å². The van der Waals surface area contributed by atoms with Crippen LogP contribution in [-0.2, 0) is 6.54 Å². The van der Waals surface area contributed by atoms with Crippen molar-refractivity contribution in [3.63, 3.8) is 0 Å². The summed E-state index contributed by atoms with van der Waals surface area (Å²) in [7, 11) is 0. The third kappa shape index (κ3) is 3.75. The molecule has 1 fully saturated rings. The Bertz CT molecular complexity index is 1020. The number of nitrogens with zero attached hydrogens (tertiary/aromatic N) is 4. The molecule has 150 valence electrons. The third-order valence-electron chi connectivity index (χ3n) is 5.42. The highest BCUT2D eigenvalue weighted by Gasteiger charge is 2.29. The quantitative estimate of drug-likeness (QED) is 0.669. The van der Waals surface area contributed by atoms with E-state index < -0.39 is 0 Å². The van der Waals surface area contributed by atoms with Crippen molar-refractivity contribution >= 4 is 17.3 Å². The van der Waals surface area contributed by atoms with Crippen LogP contribution in [0.2, 0.25) is 0 Å². The molecule has 1 aliphatic heterocycles. The molecule has 29 heavy (non-hydrogen) atoms. The van der Waals surface area contributed by atoms with Crippen LogP contribution in [-0.4, -0.2) is 50.1 Å². The van der Waals surface area contributed by atoms with Gasteiger partial charge in [-0.2, -0.15) is 0 Å². The fourth-order valence-corrected chi connectivity index (χ4v) is 3.81. The number of carbonyl (C=O) groups excluding carboxylic acids is 2. The zero-order valence-electron chi connectivity index (χ0n) is 16.9. The number of hydrogen-bond acceptors (Lipinski definition) is 3. The third-order valence-corrected chi connectivity index (χ3v) is 5.42. The lowest BCUT2D eigenvalue weighted by atomic mass is 10.2. The van der Waals surface area contributed by atoms with Gasteiger partial charge in [0, 0.05) is 31.9 Å². The van der Waals surface area contributed by atoms with E-state index in [1.165, 1.54) is 0 Å². The number of pyridine rings is 1. The van der Waals surface area contributed by atoms with Crippen LogP contribution in [0.4, 0.5) is 0 Å². The van der Waals surface area contributed by atoms with Gasteiger partial charge in [0.1, 0.15) is 0 Å². The highest BCUT2D eigenvalue weighted by Crippen LogP contribution is 2.20. The fraction of sp³-hybridized carbons (Fsp3) is 0.348. The second-order valence-corrected chi connectivity index (χ2v) is 7.75. The Balaban J connectivity index is 1.72. The highest BCUT2D eigenvalue weighted by molar-refractivity contribution is 6.02. The maximum absolute atomic E-state index is 13.5. The summed E-state index contributed by atoms with van der Waals surface area (Å²) in [6.07, 6.45) is 3.83. The molecule has 0 bridgehead atoms. The van der Waals surface area contributed by atoms with Gasteiger partial charge in [-0.05, 0) is 44.4 Å². The molecule has 4 rings (SSSR count). The van der Waals surface area contributed by atoms with Crippen LogP contribution in [0.15, 0.2) is 54.7 Å². The van der Waals surface area contributed by atoms with Crippen LogP contribution in [0, 0.1) is 0 Å². The van der Waals surface area contributed by atoms with E-state index in [9.17, 15) is 9.59 Å². The Morgan fingerprint density at radius 1 is 1.03 bits per heavy atom. The van der Waals surface area contributed by atoms with Crippen LogP contribution in [0.5, 0.6) is 0 Å². The number of hydrogen-bond donors (Lipinski definition) is 0. The van der Waals surface area contributed by atoms with Crippen molar-refractivity contribution in [2.75, 3.05) is 13.1 Å². The molecule has 3 aromatic rings. The average molecular weight is 390 g/mol. The second-order valence-electron chi connectivity index (χ2n) is 7.75. The first-order valence-corrected chi connectivity index (χ1v) is 10.2. The van der Waals surface area contributed by atoms with Gasteiger partial charge < -0.3 is 9.80 Å². The predicted octanol–water partition coefficient (Wildman–Crippen LogP) is 3.62. The molecule has 6 nitrogen and oxygen atoms in total. The van der Waals surface area contributed by atoms with Crippen LogP contribution >= 0.6 is 0 Å². The van der Waals surface area contributed by atoms with Crippen molar-refractivity contribution in [1.82, 2.24) is 19.2 Å². The Hall–Kier alpha value is -3.15. The summed E-state index contributed by atoms with van der Waals surface area (Å²) >= 11 is 0. The lowest BCUT2D eigenvalue weighted by Crippen LogP contribution is -2.37. The van der Waals surface area contributed by atoms with E-state index in [-0.39, 0.29) is 23.7 Å². The molecule has 1 aliphatic rings. The topological polar surface area (TPSA) is 57.9 Å². The molecular weight excluding hydrogens is 364 g/mol. The SMILES string of the molecule is CC(C)N(Cc1ccccc1)C(=O)c1nc(C(=O)N2CCCC2)c2ccccn12. The number of amides is 2. The molecule has 0 atom stereocenters. The van der Waals surface area contributed by atoms with Crippen molar-refractivity contribution in [3.8, 4) is 0 Å². The van der Waals surface area contributed by atoms with E-state index in [1.54, 1.807) is 15.5 Å². The molecule has 0 saturated carbocycles. The van der Waals surface area contributed by atoms with Crippen molar-refractivity contribution < 1.29 is 9.59 Å². The number of rotatable bonds is 5. The molecule has 0 N–H and O–H groups in total. The number of carbonyl (C=O) groups is 2. The Morgan fingerprint density at radius 2 is 1.72 bits per heavy atom. The van der Waals surface area contributed by atoms with Crippen molar-refractivity contribution in [3.05, 3.63) is 71.8 Å². The number of aromatic nitrogens is 2. The molecule has 1 aromatic carbocycles. The maximum atomic E-state index is 13.5. The molecule has 2 amide bonds. The van der Waals surface area contributed by atoms with Crippen LogP contribution in [0.3, 0.4) is 0 Å². The Kier molecular flexibility index (Phi) is 5.34. The van der Waals surface area contributed by atoms with E-state index in [0.717, 1.165) is 31.5 Å². The van der Waals surface area contributed by atoms with Crippen molar-refractivity contribution in [2.45, 2.75) is 39.3 Å². The lowest BCUT2D eigenvalue weighted by molar-refractivity contribution is 0.0677. The summed E-state index contributed by atoms with van der Waals surface area (Å²) in [4.78, 5) is 34.7. The molecule has 0 unspecified atom stereocenters. The van der Waals surface area contributed by atoms with E-state index in [4.69, 9.17) is 0 Å². The van der Waals surface area contributed by atoms with E-state index in [2.05, 4.69) is 4.98 Å². The summed E-state index contributed by atoms with van der Waals surface area (Å²) < 4.78 is 1.74. The van der Waals surface area contributed by atoms with E-state index in [0.29, 0.717) is 17.8 Å². The summed E-state index contributed by atoms with van der Waals surface area (Å²) in [6, 6.07) is 15.5. The fourth-order valence-electron chi connectivity index (χ4n) is 3.81. The molecule has 0 radical (unpaired) electrons. The van der Waals surface area contributed by atoms with E-state index >= 15 is 0 Å². The minimum absolute atomic E-state index is 0.00324. The van der Waals surface area contributed by atoms with Crippen LogP contribution < -0.4 is 0 Å². The van der Waals surface area contributed by atoms with Gasteiger partial charge in [-0.3, -0.25) is 14.0 Å². The molecule has 2 aromatic heterocycles. The average Bonchev–Trinajstić information content (AvgIpc) is 3.40. The van der Waals surface area contributed by atoms with Gasteiger partial charge in [0.25, 0.3) is 11.8 Å². The number of fused-ring (bicyclic) bond motifs is 1. The molecule has 1 saturated heterocycles. The lowest BCUT2D eigenvalue weighted by Gasteiger charge is -2.26. The first kappa shape index (κ1) is 19.2. The number of benzene rings is 1. The van der Waals surface area contributed by atoms with Gasteiger partial charge >= 0.3 is 0 Å². The van der Waals surface area contributed by atoms with Gasteiger partial charge in [0.05, 0.1) is 5.52 Å². The molecule has 3 heterocycles. The van der Waals surface area contributed by atoms with Crippen molar-refractivity contribution in [1.29, 1.82) is 0 Å². The van der Waals surface area contributed by atoms with Crippen molar-refractivity contribution in [2.24, 2.45) is 0 Å². The summed E-state index contributed by atoms with van der Waals surface area (Å²) in [6.45, 7) is 5.98. The maximum Gasteiger partial charge on any atom is 0.290 e. The molecule has 0 spiro atoms. The Morgan fingerprint density at radius 3 is 2.41 bits per heavy atom. The zero-order chi connectivity index (χ0) is 20.4. The minimum Gasteiger partial charge on any atom is -0.337 e. The van der Waals surface area contributed by atoms with Gasteiger partial charge in [0.2, 0.25) is 5.82 Å². The second kappa shape index (κ2) is 8.07. The smallest absolute Gasteiger partial charge is 0.290 e. The first-order valence-electron chi connectivity index (χ1n) is 10.2. The minimum atomic E-state index is -0.175. The normalized spacial score (nSPS) is 14.0. The van der Waals surface area contributed by atoms with Crippen LogP contribution in [0.1, 0.15) is 53.4 Å². The number of imidazole rings is 1. The monoisotopic (exact) mass is 390 g/mol. The van der Waals surface area contributed by atoms with Gasteiger partial charge in [0.15, 0.2) is 5.69 Å². The number of likely N-dealkylation sites (tertiary alicyclic amines) is 1. The van der Waals surface area contributed by atoms with Gasteiger partial charge in [-0.1, -0.05) is 36.4 Å². The standard InChI is InChI=1S/C23H26N4O2/c1-17(2)27(16-18-10-4-3-5-11-18)23(29)21-24-20(19-12-6-7-15-26(19)21)22(28)25-13-8-9-14-25/h3-7,10-12,15,17H,8-9,13-14,16H2,1-2H3. The molecular formula is C23H26N4O2.